The molecule has 4 heterocycles. The van der Waals surface area contributed by atoms with Gasteiger partial charge in [0.05, 0.1) is 6.26 Å². The zero-order valence-electron chi connectivity index (χ0n) is 17.8. The highest BCUT2D eigenvalue weighted by atomic mass is 16.3. The Labute approximate surface area is 180 Å². The van der Waals surface area contributed by atoms with Crippen LogP contribution in [0, 0.1) is 12.8 Å². The zero-order valence-corrected chi connectivity index (χ0v) is 17.8. The number of rotatable bonds is 6. The smallest absolute Gasteiger partial charge is 0.195 e. The first-order chi connectivity index (χ1) is 14.5. The Morgan fingerprint density at radius 1 is 1.30 bits per heavy atom. The average Bonchev–Trinajstić information content (AvgIpc) is 3.28. The van der Waals surface area contributed by atoms with Crippen LogP contribution in [0.25, 0.3) is 11.3 Å². The Balaban J connectivity index is 0.00000181. The second kappa shape index (κ2) is 8.79. The van der Waals surface area contributed by atoms with Gasteiger partial charge in [0, 0.05) is 63.3 Å². The lowest BCUT2D eigenvalue weighted by molar-refractivity contribution is 0.103. The normalized spacial score (nSPS) is 16.8. The summed E-state index contributed by atoms with van der Waals surface area (Å²) in [6, 6.07) is 9.61. The molecule has 0 radical (unpaired) electrons. The molecule has 1 aliphatic heterocycles. The minimum absolute atomic E-state index is 0. The number of anilines is 1. The minimum atomic E-state index is -0.0653. The number of aryl methyl sites for hydroxylation is 1. The van der Waals surface area contributed by atoms with Gasteiger partial charge in [-0.3, -0.25) is 9.78 Å². The summed E-state index contributed by atoms with van der Waals surface area (Å²) in [5.41, 5.74) is 2.60. The number of furan rings is 1. The van der Waals surface area contributed by atoms with Crippen molar-refractivity contribution in [1.29, 1.82) is 0 Å². The molecule has 0 unspecified atom stereocenters. The standard InChI is InChI=1S/C24H28N4O2.2H2/c1-16(2)12-18-15-28(10-9-26-18)23-13-20(21(14-27-23)22-7-5-11-30-22)24(29)19-6-4-8-25-17(19)3;;/h4-8,11,13-14,16,18,26H,9-10,12,15H2,1-3H3;2*1H/t18-;;/m0../s1. The number of pyridine rings is 2. The lowest BCUT2D eigenvalue weighted by atomic mass is 9.97. The fourth-order valence-electron chi connectivity index (χ4n) is 4.06. The summed E-state index contributed by atoms with van der Waals surface area (Å²) in [6.45, 7) is 8.98. The van der Waals surface area contributed by atoms with E-state index < -0.39 is 0 Å². The summed E-state index contributed by atoms with van der Waals surface area (Å²) in [5.74, 6) is 2.02. The fourth-order valence-corrected chi connectivity index (χ4v) is 4.06. The number of nitrogens with zero attached hydrogens (tertiary/aromatic N) is 3. The largest absolute Gasteiger partial charge is 0.464 e. The number of piperazine rings is 1. The molecule has 0 amide bonds. The molecule has 1 aliphatic rings. The number of hydrogen-bond acceptors (Lipinski definition) is 6. The van der Waals surface area contributed by atoms with E-state index in [2.05, 4.69) is 29.0 Å². The van der Waals surface area contributed by atoms with Crippen LogP contribution >= 0.6 is 0 Å². The Bertz CT molecular complexity index is 1020. The van der Waals surface area contributed by atoms with Gasteiger partial charge in [-0.15, -0.1) is 0 Å². The lowest BCUT2D eigenvalue weighted by Gasteiger charge is -2.35. The molecule has 0 saturated carbocycles. The maximum absolute atomic E-state index is 13.5. The van der Waals surface area contributed by atoms with Crippen molar-refractivity contribution >= 4 is 11.6 Å². The Morgan fingerprint density at radius 3 is 2.90 bits per heavy atom. The van der Waals surface area contributed by atoms with E-state index in [0.717, 1.165) is 31.9 Å². The molecule has 0 aliphatic carbocycles. The maximum atomic E-state index is 13.5. The highest BCUT2D eigenvalue weighted by Crippen LogP contribution is 2.29. The van der Waals surface area contributed by atoms with Crippen LogP contribution in [0.1, 0.15) is 44.7 Å². The van der Waals surface area contributed by atoms with Gasteiger partial charge < -0.3 is 14.6 Å². The molecule has 4 rings (SSSR count). The molecule has 3 aromatic rings. The third kappa shape index (κ3) is 4.28. The van der Waals surface area contributed by atoms with Crippen molar-refractivity contribution in [3.8, 4) is 11.3 Å². The molecule has 0 bridgehead atoms. The van der Waals surface area contributed by atoms with E-state index in [0.29, 0.717) is 40.1 Å². The van der Waals surface area contributed by atoms with Crippen LogP contribution in [0.4, 0.5) is 5.82 Å². The van der Waals surface area contributed by atoms with Gasteiger partial charge in [-0.05, 0) is 49.6 Å². The van der Waals surface area contributed by atoms with Crippen LogP contribution in [0.2, 0.25) is 0 Å². The highest BCUT2D eigenvalue weighted by Gasteiger charge is 2.24. The average molecular weight is 409 g/mol. The summed E-state index contributed by atoms with van der Waals surface area (Å²) in [6.07, 6.45) is 6.18. The molecule has 30 heavy (non-hydrogen) atoms. The van der Waals surface area contributed by atoms with Crippen molar-refractivity contribution in [3.63, 3.8) is 0 Å². The van der Waals surface area contributed by atoms with Crippen LogP contribution in [0.5, 0.6) is 0 Å². The van der Waals surface area contributed by atoms with Crippen LogP contribution in [0.15, 0.2) is 53.4 Å². The molecular formula is C24H32N4O2. The van der Waals surface area contributed by atoms with Gasteiger partial charge in [0.25, 0.3) is 0 Å². The first-order valence-electron chi connectivity index (χ1n) is 10.5. The second-order valence-corrected chi connectivity index (χ2v) is 8.26. The zero-order chi connectivity index (χ0) is 21.1. The number of hydrogen-bond donors (Lipinski definition) is 1. The predicted octanol–water partition coefficient (Wildman–Crippen LogP) is 4.59. The van der Waals surface area contributed by atoms with E-state index >= 15 is 0 Å². The number of aromatic nitrogens is 2. The van der Waals surface area contributed by atoms with E-state index in [-0.39, 0.29) is 8.64 Å². The molecule has 1 atom stereocenters. The summed E-state index contributed by atoms with van der Waals surface area (Å²) < 4.78 is 5.59. The minimum Gasteiger partial charge on any atom is -0.464 e. The first-order valence-corrected chi connectivity index (χ1v) is 10.5. The Morgan fingerprint density at radius 2 is 2.17 bits per heavy atom. The van der Waals surface area contributed by atoms with Crippen LogP contribution in [-0.2, 0) is 0 Å². The lowest BCUT2D eigenvalue weighted by Crippen LogP contribution is -2.51. The van der Waals surface area contributed by atoms with E-state index in [9.17, 15) is 4.79 Å². The van der Waals surface area contributed by atoms with Gasteiger partial charge in [-0.25, -0.2) is 4.98 Å². The van der Waals surface area contributed by atoms with Crippen molar-refractivity contribution in [3.05, 3.63) is 65.8 Å². The number of carbonyl (C=O) groups excluding carboxylic acids is 1. The molecular weight excluding hydrogens is 376 g/mol. The molecule has 1 N–H and O–H groups in total. The number of nitrogens with one attached hydrogen (secondary N) is 1. The Kier molecular flexibility index (Phi) is 5.95. The van der Waals surface area contributed by atoms with Crippen molar-refractivity contribution < 1.29 is 12.1 Å². The quantitative estimate of drug-likeness (QED) is 0.602. The van der Waals surface area contributed by atoms with E-state index in [4.69, 9.17) is 9.40 Å². The highest BCUT2D eigenvalue weighted by molar-refractivity contribution is 6.13. The summed E-state index contributed by atoms with van der Waals surface area (Å²) in [5, 5.41) is 3.59. The third-order valence-corrected chi connectivity index (χ3v) is 5.51. The summed E-state index contributed by atoms with van der Waals surface area (Å²) in [4.78, 5) is 24.7. The van der Waals surface area contributed by atoms with Gasteiger partial charge in [-0.1, -0.05) is 13.8 Å². The number of carbonyl (C=O) groups is 1. The van der Waals surface area contributed by atoms with Crippen LogP contribution < -0.4 is 10.2 Å². The molecule has 0 spiro atoms. The third-order valence-electron chi connectivity index (χ3n) is 5.51. The maximum Gasteiger partial charge on any atom is 0.195 e. The number of ketones is 1. The van der Waals surface area contributed by atoms with Gasteiger partial charge in [0.15, 0.2) is 5.78 Å². The molecule has 6 heteroatoms. The first kappa shape index (κ1) is 20.3. The van der Waals surface area contributed by atoms with Gasteiger partial charge in [-0.2, -0.15) is 0 Å². The molecule has 0 aromatic carbocycles. The van der Waals surface area contributed by atoms with Crippen molar-refractivity contribution in [1.82, 2.24) is 15.3 Å². The van der Waals surface area contributed by atoms with Gasteiger partial charge >= 0.3 is 0 Å². The van der Waals surface area contributed by atoms with Crippen molar-refractivity contribution in [2.45, 2.75) is 33.2 Å². The van der Waals surface area contributed by atoms with E-state index in [1.165, 1.54) is 0 Å². The molecule has 160 valence electrons. The Hall–Kier alpha value is -2.99. The van der Waals surface area contributed by atoms with Crippen molar-refractivity contribution in [2.75, 3.05) is 24.5 Å². The van der Waals surface area contributed by atoms with Gasteiger partial charge in [0.2, 0.25) is 0 Å². The van der Waals surface area contributed by atoms with Crippen LogP contribution in [-0.4, -0.2) is 41.4 Å². The van der Waals surface area contributed by atoms with E-state index in [1.807, 2.05) is 31.2 Å². The summed E-state index contributed by atoms with van der Waals surface area (Å²) >= 11 is 0. The fraction of sp³-hybridized carbons (Fsp3) is 0.375. The molecule has 1 saturated heterocycles. The molecule has 6 nitrogen and oxygen atoms in total. The van der Waals surface area contributed by atoms with Gasteiger partial charge in [0.1, 0.15) is 11.6 Å². The topological polar surface area (TPSA) is 71.3 Å². The predicted molar refractivity (Wildman–Crippen MR) is 122 cm³/mol. The van der Waals surface area contributed by atoms with Crippen LogP contribution in [0.3, 0.4) is 0 Å². The second-order valence-electron chi connectivity index (χ2n) is 8.26. The molecule has 1 fully saturated rings. The molecule has 3 aromatic heterocycles. The van der Waals surface area contributed by atoms with E-state index in [1.54, 1.807) is 24.7 Å². The monoisotopic (exact) mass is 408 g/mol. The van der Waals surface area contributed by atoms with Crippen molar-refractivity contribution in [2.24, 2.45) is 5.92 Å². The summed E-state index contributed by atoms with van der Waals surface area (Å²) in [7, 11) is 0. The SMILES string of the molecule is Cc1ncccc1C(=O)c1cc(N2CCN[C@@H](CC(C)C)C2)ncc1-c1ccco1.[HH].[HH].